The summed E-state index contributed by atoms with van der Waals surface area (Å²) in [6.07, 6.45) is 3.33. The number of halogens is 1. The highest BCUT2D eigenvalue weighted by Gasteiger charge is 2.20. The van der Waals surface area contributed by atoms with Crippen molar-refractivity contribution < 1.29 is 13.9 Å². The lowest BCUT2D eigenvalue weighted by atomic mass is 9.97. The molecule has 1 unspecified atom stereocenters. The quantitative estimate of drug-likeness (QED) is 0.763. The molecule has 0 aliphatic carbocycles. The number of ether oxygens (including phenoxy) is 1. The molecule has 0 amide bonds. The summed E-state index contributed by atoms with van der Waals surface area (Å²) in [6, 6.07) is 3.27. The van der Waals surface area contributed by atoms with Gasteiger partial charge in [0.15, 0.2) is 5.78 Å². The fourth-order valence-corrected chi connectivity index (χ4v) is 2.56. The summed E-state index contributed by atoms with van der Waals surface area (Å²) in [4.78, 5) is 12.1. The fourth-order valence-electron chi connectivity index (χ4n) is 2.56. The lowest BCUT2D eigenvalue weighted by molar-refractivity contribution is 0.0856. The van der Waals surface area contributed by atoms with Gasteiger partial charge in [-0.15, -0.1) is 0 Å². The predicted octanol–water partition coefficient (Wildman–Crippen LogP) is 3.58. The molecule has 1 fully saturated rings. The Bertz CT molecular complexity index is 425. The highest BCUT2D eigenvalue weighted by molar-refractivity contribution is 5.97. The number of carbonyl (C=O) groups excluding carboxylic acids is 1. The molecule has 1 atom stereocenters. The molecule has 0 radical (unpaired) electrons. The van der Waals surface area contributed by atoms with Crippen LogP contribution in [0, 0.1) is 19.7 Å². The molecule has 0 aromatic heterocycles. The summed E-state index contributed by atoms with van der Waals surface area (Å²) in [6.45, 7) is 4.41. The van der Waals surface area contributed by atoms with E-state index in [0.29, 0.717) is 12.8 Å². The molecule has 1 aliphatic heterocycles. The Kier molecular flexibility index (Phi) is 4.12. The Morgan fingerprint density at radius 2 is 2.22 bits per heavy atom. The van der Waals surface area contributed by atoms with Crippen molar-refractivity contribution in [2.45, 2.75) is 45.6 Å². The summed E-state index contributed by atoms with van der Waals surface area (Å²) in [5.74, 6) is -0.509. The van der Waals surface area contributed by atoms with E-state index in [4.69, 9.17) is 4.74 Å². The van der Waals surface area contributed by atoms with Gasteiger partial charge < -0.3 is 4.74 Å². The molecule has 0 saturated carbocycles. The number of aryl methyl sites for hydroxylation is 2. The van der Waals surface area contributed by atoms with Crippen LogP contribution < -0.4 is 0 Å². The van der Waals surface area contributed by atoms with Gasteiger partial charge in [0.1, 0.15) is 5.82 Å². The summed E-state index contributed by atoms with van der Waals surface area (Å²) >= 11 is 0. The minimum absolute atomic E-state index is 0.111. The van der Waals surface area contributed by atoms with Crippen molar-refractivity contribution in [3.05, 3.63) is 34.6 Å². The smallest absolute Gasteiger partial charge is 0.166 e. The zero-order chi connectivity index (χ0) is 13.1. The van der Waals surface area contributed by atoms with E-state index < -0.39 is 5.82 Å². The van der Waals surface area contributed by atoms with Crippen LogP contribution in [0.2, 0.25) is 0 Å². The van der Waals surface area contributed by atoms with E-state index in [-0.39, 0.29) is 17.5 Å². The van der Waals surface area contributed by atoms with Crippen molar-refractivity contribution >= 4 is 5.78 Å². The molecule has 1 aromatic carbocycles. The Morgan fingerprint density at radius 3 is 2.83 bits per heavy atom. The molecule has 98 valence electrons. The van der Waals surface area contributed by atoms with E-state index in [1.54, 1.807) is 6.92 Å². The molecule has 0 spiro atoms. The molecule has 1 aromatic rings. The number of hydrogen-bond donors (Lipinski definition) is 0. The Hall–Kier alpha value is -1.22. The van der Waals surface area contributed by atoms with Crippen molar-refractivity contribution in [2.75, 3.05) is 6.61 Å². The van der Waals surface area contributed by atoms with Gasteiger partial charge in [-0.05, 0) is 50.3 Å². The number of carbonyl (C=O) groups is 1. The monoisotopic (exact) mass is 250 g/mol. The maximum Gasteiger partial charge on any atom is 0.166 e. The Morgan fingerprint density at radius 1 is 1.44 bits per heavy atom. The molecule has 0 N–H and O–H groups in total. The second-order valence-electron chi connectivity index (χ2n) is 5.04. The van der Waals surface area contributed by atoms with Gasteiger partial charge in [-0.25, -0.2) is 4.39 Å². The number of benzene rings is 1. The molecule has 1 aliphatic rings. The summed E-state index contributed by atoms with van der Waals surface area (Å²) in [5, 5.41) is 0. The van der Waals surface area contributed by atoms with Crippen molar-refractivity contribution in [1.82, 2.24) is 0 Å². The van der Waals surface area contributed by atoms with Gasteiger partial charge in [-0.1, -0.05) is 6.07 Å². The molecule has 3 heteroatoms. The van der Waals surface area contributed by atoms with Gasteiger partial charge in [-0.2, -0.15) is 0 Å². The van der Waals surface area contributed by atoms with Gasteiger partial charge in [-0.3, -0.25) is 4.79 Å². The first-order valence-electron chi connectivity index (χ1n) is 6.49. The lowest BCUT2D eigenvalue weighted by Crippen LogP contribution is -2.11. The average Bonchev–Trinajstić information content (AvgIpc) is 2.77. The number of rotatable bonds is 4. The Labute approximate surface area is 107 Å². The van der Waals surface area contributed by atoms with Crippen LogP contribution in [-0.2, 0) is 4.74 Å². The first kappa shape index (κ1) is 13.2. The summed E-state index contributed by atoms with van der Waals surface area (Å²) < 4.78 is 19.3. The van der Waals surface area contributed by atoms with E-state index in [9.17, 15) is 9.18 Å². The molecular weight excluding hydrogens is 231 g/mol. The van der Waals surface area contributed by atoms with Crippen molar-refractivity contribution in [2.24, 2.45) is 0 Å². The topological polar surface area (TPSA) is 26.3 Å². The SMILES string of the molecule is Cc1cc(C)c(C(=O)CCC2CCCO2)c(F)c1. The van der Waals surface area contributed by atoms with Crippen LogP contribution in [0.1, 0.15) is 47.2 Å². The molecule has 2 nitrogen and oxygen atoms in total. The van der Waals surface area contributed by atoms with Gasteiger partial charge in [0.25, 0.3) is 0 Å². The van der Waals surface area contributed by atoms with E-state index in [1.807, 2.05) is 13.0 Å². The molecule has 0 bridgehead atoms. The van der Waals surface area contributed by atoms with Crippen LogP contribution in [-0.4, -0.2) is 18.5 Å². The van der Waals surface area contributed by atoms with Crippen LogP contribution in [0.25, 0.3) is 0 Å². The highest BCUT2D eigenvalue weighted by atomic mass is 19.1. The zero-order valence-electron chi connectivity index (χ0n) is 11.0. The summed E-state index contributed by atoms with van der Waals surface area (Å²) in [5.41, 5.74) is 1.82. The molecule has 18 heavy (non-hydrogen) atoms. The first-order valence-corrected chi connectivity index (χ1v) is 6.49. The minimum Gasteiger partial charge on any atom is -0.378 e. The third-order valence-corrected chi connectivity index (χ3v) is 3.43. The van der Waals surface area contributed by atoms with Crippen molar-refractivity contribution in [1.29, 1.82) is 0 Å². The molecule has 2 rings (SSSR count). The lowest BCUT2D eigenvalue weighted by Gasteiger charge is -2.10. The van der Waals surface area contributed by atoms with E-state index in [0.717, 1.165) is 30.6 Å². The maximum atomic E-state index is 13.8. The second-order valence-corrected chi connectivity index (χ2v) is 5.04. The zero-order valence-corrected chi connectivity index (χ0v) is 11.0. The van der Waals surface area contributed by atoms with E-state index >= 15 is 0 Å². The molecule has 1 saturated heterocycles. The first-order chi connectivity index (χ1) is 8.58. The number of hydrogen-bond acceptors (Lipinski definition) is 2. The maximum absolute atomic E-state index is 13.8. The van der Waals surface area contributed by atoms with Crippen LogP contribution in [0.5, 0.6) is 0 Å². The Balaban J connectivity index is 2.04. The van der Waals surface area contributed by atoms with Gasteiger partial charge in [0.2, 0.25) is 0 Å². The largest absolute Gasteiger partial charge is 0.378 e. The molecular formula is C15H19FO2. The van der Waals surface area contributed by atoms with Crippen LogP contribution in [0.3, 0.4) is 0 Å². The van der Waals surface area contributed by atoms with E-state index in [2.05, 4.69) is 0 Å². The van der Waals surface area contributed by atoms with Crippen LogP contribution in [0.15, 0.2) is 12.1 Å². The third kappa shape index (κ3) is 2.96. The normalized spacial score (nSPS) is 19.2. The van der Waals surface area contributed by atoms with E-state index in [1.165, 1.54) is 6.07 Å². The third-order valence-electron chi connectivity index (χ3n) is 3.43. The van der Waals surface area contributed by atoms with Gasteiger partial charge >= 0.3 is 0 Å². The summed E-state index contributed by atoms with van der Waals surface area (Å²) in [7, 11) is 0. The predicted molar refractivity (Wildman–Crippen MR) is 68.4 cm³/mol. The second kappa shape index (κ2) is 5.61. The van der Waals surface area contributed by atoms with Crippen LogP contribution in [0.4, 0.5) is 4.39 Å². The molecule has 1 heterocycles. The van der Waals surface area contributed by atoms with Crippen molar-refractivity contribution in [3.8, 4) is 0 Å². The van der Waals surface area contributed by atoms with Gasteiger partial charge in [0, 0.05) is 13.0 Å². The fraction of sp³-hybridized carbons (Fsp3) is 0.533. The average molecular weight is 250 g/mol. The standard InChI is InChI=1S/C15H19FO2/c1-10-8-11(2)15(13(16)9-10)14(17)6-5-12-4-3-7-18-12/h8-9,12H,3-7H2,1-2H3. The minimum atomic E-state index is -0.398. The number of Topliss-reactive ketones (excluding diaryl/α,β-unsaturated/α-hetero) is 1. The van der Waals surface area contributed by atoms with Gasteiger partial charge in [0.05, 0.1) is 11.7 Å². The van der Waals surface area contributed by atoms with Crippen LogP contribution >= 0.6 is 0 Å². The van der Waals surface area contributed by atoms with Crippen molar-refractivity contribution in [3.63, 3.8) is 0 Å². The number of ketones is 1. The highest BCUT2D eigenvalue weighted by Crippen LogP contribution is 2.21.